The molecule has 0 aliphatic rings. The number of carbonyl (C=O) groups is 1. The van der Waals surface area contributed by atoms with Gasteiger partial charge in [0, 0.05) is 36.9 Å². The van der Waals surface area contributed by atoms with Crippen LogP contribution in [0.15, 0.2) is 36.9 Å². The molecule has 0 unspecified atom stereocenters. The first-order valence-electron chi connectivity index (χ1n) is 6.06. The second-order valence-corrected chi connectivity index (χ2v) is 4.25. The van der Waals surface area contributed by atoms with Gasteiger partial charge in [-0.1, -0.05) is 0 Å². The normalized spacial score (nSPS) is 10.3. The Kier molecular flexibility index (Phi) is 4.02. The van der Waals surface area contributed by atoms with Crippen molar-refractivity contribution in [3.63, 3.8) is 0 Å². The number of amides is 1. The molecule has 0 radical (unpaired) electrons. The molecule has 1 aromatic carbocycles. The molecule has 2 rings (SSSR count). The monoisotopic (exact) mass is 259 g/mol. The SMILES string of the molecule is NC(=O)c1cc(N)ccc1NCCCn1ccnc1. The second kappa shape index (κ2) is 5.90. The Morgan fingerprint density at radius 3 is 2.95 bits per heavy atom. The van der Waals surface area contributed by atoms with Crippen LogP contribution in [0.5, 0.6) is 0 Å². The number of aryl methyl sites for hydroxylation is 1. The van der Waals surface area contributed by atoms with Gasteiger partial charge in [0.25, 0.3) is 5.91 Å². The largest absolute Gasteiger partial charge is 0.399 e. The Bertz CT molecular complexity index is 550. The molecule has 5 N–H and O–H groups in total. The highest BCUT2D eigenvalue weighted by atomic mass is 16.1. The molecular weight excluding hydrogens is 242 g/mol. The van der Waals surface area contributed by atoms with Crippen LogP contribution in [-0.4, -0.2) is 22.0 Å². The molecule has 19 heavy (non-hydrogen) atoms. The van der Waals surface area contributed by atoms with Crippen molar-refractivity contribution in [2.75, 3.05) is 17.6 Å². The number of imidazole rings is 1. The Balaban J connectivity index is 1.90. The summed E-state index contributed by atoms with van der Waals surface area (Å²) < 4.78 is 2.00. The van der Waals surface area contributed by atoms with Crippen molar-refractivity contribution in [1.29, 1.82) is 0 Å². The zero-order valence-corrected chi connectivity index (χ0v) is 10.5. The number of hydrogen-bond acceptors (Lipinski definition) is 4. The molecule has 0 aliphatic carbocycles. The summed E-state index contributed by atoms with van der Waals surface area (Å²) in [4.78, 5) is 15.3. The van der Waals surface area contributed by atoms with E-state index in [4.69, 9.17) is 11.5 Å². The summed E-state index contributed by atoms with van der Waals surface area (Å²) in [5.41, 5.74) is 12.6. The Morgan fingerprint density at radius 2 is 2.26 bits per heavy atom. The van der Waals surface area contributed by atoms with Crippen LogP contribution in [0, 0.1) is 0 Å². The van der Waals surface area contributed by atoms with E-state index in [0.717, 1.165) is 19.5 Å². The van der Waals surface area contributed by atoms with Crippen molar-refractivity contribution in [2.24, 2.45) is 5.73 Å². The number of nitrogens with one attached hydrogen (secondary N) is 1. The van der Waals surface area contributed by atoms with Crippen molar-refractivity contribution < 1.29 is 4.79 Å². The lowest BCUT2D eigenvalue weighted by Gasteiger charge is -2.11. The third-order valence-electron chi connectivity index (χ3n) is 2.78. The number of nitrogens with zero attached hydrogens (tertiary/aromatic N) is 2. The van der Waals surface area contributed by atoms with E-state index in [-0.39, 0.29) is 0 Å². The van der Waals surface area contributed by atoms with Crippen molar-refractivity contribution >= 4 is 17.3 Å². The Labute approximate surface area is 111 Å². The van der Waals surface area contributed by atoms with Crippen LogP contribution < -0.4 is 16.8 Å². The average molecular weight is 259 g/mol. The van der Waals surface area contributed by atoms with Crippen LogP contribution in [0.1, 0.15) is 16.8 Å². The first kappa shape index (κ1) is 12.9. The molecule has 0 atom stereocenters. The molecule has 6 heteroatoms. The summed E-state index contributed by atoms with van der Waals surface area (Å²) in [6, 6.07) is 5.10. The zero-order valence-electron chi connectivity index (χ0n) is 10.5. The van der Waals surface area contributed by atoms with E-state index in [1.165, 1.54) is 0 Å². The van der Waals surface area contributed by atoms with E-state index in [9.17, 15) is 4.79 Å². The van der Waals surface area contributed by atoms with Crippen LogP contribution >= 0.6 is 0 Å². The number of aromatic nitrogens is 2. The molecule has 2 aromatic rings. The summed E-state index contributed by atoms with van der Waals surface area (Å²) in [6.45, 7) is 1.61. The molecule has 1 aromatic heterocycles. The van der Waals surface area contributed by atoms with Gasteiger partial charge < -0.3 is 21.4 Å². The third kappa shape index (κ3) is 3.48. The smallest absolute Gasteiger partial charge is 0.250 e. The van der Waals surface area contributed by atoms with E-state index in [1.807, 2.05) is 10.8 Å². The van der Waals surface area contributed by atoms with E-state index in [0.29, 0.717) is 16.9 Å². The minimum absolute atomic E-state index is 0.419. The molecule has 0 aliphatic heterocycles. The highest BCUT2D eigenvalue weighted by Crippen LogP contribution is 2.18. The zero-order chi connectivity index (χ0) is 13.7. The second-order valence-electron chi connectivity index (χ2n) is 4.25. The Morgan fingerprint density at radius 1 is 1.42 bits per heavy atom. The molecule has 0 spiro atoms. The first-order valence-corrected chi connectivity index (χ1v) is 6.06. The molecule has 100 valence electrons. The van der Waals surface area contributed by atoms with Crippen molar-refractivity contribution in [2.45, 2.75) is 13.0 Å². The average Bonchev–Trinajstić information content (AvgIpc) is 2.89. The molecule has 0 saturated heterocycles. The molecular formula is C13H17N5O. The van der Waals surface area contributed by atoms with Crippen LogP contribution in [0.4, 0.5) is 11.4 Å². The lowest BCUT2D eigenvalue weighted by molar-refractivity contribution is 0.100. The van der Waals surface area contributed by atoms with Gasteiger partial charge in [-0.3, -0.25) is 4.79 Å². The highest BCUT2D eigenvalue weighted by Gasteiger charge is 2.07. The molecule has 6 nitrogen and oxygen atoms in total. The summed E-state index contributed by atoms with van der Waals surface area (Å²) in [7, 11) is 0. The maximum Gasteiger partial charge on any atom is 0.250 e. The van der Waals surface area contributed by atoms with Crippen LogP contribution in [0.3, 0.4) is 0 Å². The van der Waals surface area contributed by atoms with Gasteiger partial charge in [0.1, 0.15) is 0 Å². The predicted octanol–water partition coefficient (Wildman–Crippen LogP) is 1.07. The molecule has 0 fully saturated rings. The third-order valence-corrected chi connectivity index (χ3v) is 2.78. The van der Waals surface area contributed by atoms with Gasteiger partial charge in [-0.05, 0) is 24.6 Å². The molecule has 0 saturated carbocycles. The van der Waals surface area contributed by atoms with E-state index >= 15 is 0 Å². The number of rotatable bonds is 6. The number of anilines is 2. The van der Waals surface area contributed by atoms with Gasteiger partial charge >= 0.3 is 0 Å². The number of hydrogen-bond donors (Lipinski definition) is 3. The van der Waals surface area contributed by atoms with Gasteiger partial charge in [0.15, 0.2) is 0 Å². The number of carbonyl (C=O) groups excluding carboxylic acids is 1. The molecule has 1 heterocycles. The number of nitrogen functional groups attached to an aromatic ring is 1. The van der Waals surface area contributed by atoms with Gasteiger partial charge in [-0.15, -0.1) is 0 Å². The van der Waals surface area contributed by atoms with Gasteiger partial charge in [-0.2, -0.15) is 0 Å². The van der Waals surface area contributed by atoms with Crippen LogP contribution in [0.2, 0.25) is 0 Å². The summed E-state index contributed by atoms with van der Waals surface area (Å²) in [6.07, 6.45) is 6.35. The lowest BCUT2D eigenvalue weighted by Crippen LogP contribution is -2.15. The fourth-order valence-electron chi connectivity index (χ4n) is 1.82. The standard InChI is InChI=1S/C13H17N5O/c14-10-2-3-12(11(8-10)13(15)19)17-4-1-6-18-7-5-16-9-18/h2-3,5,7-9,17H,1,4,6,14H2,(H2,15,19). The minimum atomic E-state index is -0.482. The van der Waals surface area contributed by atoms with Gasteiger partial charge in [-0.25, -0.2) is 4.98 Å². The molecule has 0 bridgehead atoms. The fraction of sp³-hybridized carbons (Fsp3) is 0.231. The number of benzene rings is 1. The van der Waals surface area contributed by atoms with Crippen molar-refractivity contribution in [1.82, 2.24) is 9.55 Å². The maximum absolute atomic E-state index is 11.3. The fourth-order valence-corrected chi connectivity index (χ4v) is 1.82. The number of primary amides is 1. The van der Waals surface area contributed by atoms with Gasteiger partial charge in [0.2, 0.25) is 0 Å². The van der Waals surface area contributed by atoms with E-state index in [1.54, 1.807) is 30.7 Å². The van der Waals surface area contributed by atoms with Crippen molar-refractivity contribution in [3.05, 3.63) is 42.5 Å². The maximum atomic E-state index is 11.3. The van der Waals surface area contributed by atoms with Gasteiger partial charge in [0.05, 0.1) is 11.9 Å². The minimum Gasteiger partial charge on any atom is -0.399 e. The lowest BCUT2D eigenvalue weighted by atomic mass is 10.1. The highest BCUT2D eigenvalue weighted by molar-refractivity contribution is 5.99. The molecule has 1 amide bonds. The summed E-state index contributed by atoms with van der Waals surface area (Å²) >= 11 is 0. The van der Waals surface area contributed by atoms with Crippen LogP contribution in [-0.2, 0) is 6.54 Å². The topological polar surface area (TPSA) is 99.0 Å². The predicted molar refractivity (Wildman–Crippen MR) is 74.7 cm³/mol. The number of nitrogens with two attached hydrogens (primary N) is 2. The summed E-state index contributed by atoms with van der Waals surface area (Å²) in [5, 5.41) is 3.19. The van der Waals surface area contributed by atoms with Crippen LogP contribution in [0.25, 0.3) is 0 Å². The summed E-state index contributed by atoms with van der Waals surface area (Å²) in [5.74, 6) is -0.482. The van der Waals surface area contributed by atoms with Crippen molar-refractivity contribution in [3.8, 4) is 0 Å². The quantitative estimate of drug-likeness (QED) is 0.533. The van der Waals surface area contributed by atoms with E-state index in [2.05, 4.69) is 10.3 Å². The first-order chi connectivity index (χ1) is 9.16. The van der Waals surface area contributed by atoms with E-state index < -0.39 is 5.91 Å². The Hall–Kier alpha value is -2.50.